The topological polar surface area (TPSA) is 105 Å². The van der Waals surface area contributed by atoms with Crippen molar-refractivity contribution < 1.29 is 33.0 Å². The third kappa shape index (κ3) is 8.64. The van der Waals surface area contributed by atoms with Crippen LogP contribution in [0.5, 0.6) is 0 Å². The number of likely N-dealkylation sites (tertiary alicyclic amines) is 2. The van der Waals surface area contributed by atoms with Crippen LogP contribution >= 0.6 is 11.6 Å². The van der Waals surface area contributed by atoms with Crippen molar-refractivity contribution in [1.82, 2.24) is 15.1 Å². The summed E-state index contributed by atoms with van der Waals surface area (Å²) >= 11 is 6.66. The fourth-order valence-corrected chi connectivity index (χ4v) is 5.50. The lowest BCUT2D eigenvalue weighted by Gasteiger charge is -2.34. The van der Waals surface area contributed by atoms with Gasteiger partial charge < -0.3 is 24.6 Å². The molecule has 1 aromatic rings. The summed E-state index contributed by atoms with van der Waals surface area (Å²) in [6, 6.07) is 5.41. The molecule has 3 amide bonds. The Hall–Kier alpha value is -3.24. The highest BCUT2D eigenvalue weighted by molar-refractivity contribution is 6.25. The van der Waals surface area contributed by atoms with Gasteiger partial charge in [-0.05, 0) is 76.8 Å². The molecule has 2 aliphatic heterocycles. The number of hydrogen-bond donors (Lipinski definition) is 1. The second-order valence-corrected chi connectivity index (χ2v) is 12.7. The van der Waals surface area contributed by atoms with Crippen molar-refractivity contribution in [1.29, 1.82) is 0 Å². The minimum atomic E-state index is -1.34. The van der Waals surface area contributed by atoms with Crippen LogP contribution < -0.4 is 5.32 Å². The van der Waals surface area contributed by atoms with Gasteiger partial charge in [0.15, 0.2) is 10.8 Å². The third-order valence-corrected chi connectivity index (χ3v) is 7.96. The Bertz CT molecular complexity index is 1230. The number of ether oxygens (including phenoxy) is 2. The zero-order valence-electron chi connectivity index (χ0n) is 24.4. The molecule has 1 aliphatic carbocycles. The van der Waals surface area contributed by atoms with Gasteiger partial charge in [0.2, 0.25) is 5.91 Å². The predicted octanol–water partition coefficient (Wildman–Crippen LogP) is 4.60. The molecule has 11 heteroatoms. The van der Waals surface area contributed by atoms with E-state index in [2.05, 4.69) is 5.32 Å². The number of ketones is 1. The van der Waals surface area contributed by atoms with E-state index in [1.54, 1.807) is 22.0 Å². The summed E-state index contributed by atoms with van der Waals surface area (Å²) in [4.78, 5) is 54.1. The fourth-order valence-electron chi connectivity index (χ4n) is 5.24. The molecule has 1 aromatic carbocycles. The molecular weight excluding hydrogens is 565 g/mol. The second-order valence-electron chi connectivity index (χ2n) is 12.0. The van der Waals surface area contributed by atoms with E-state index in [9.17, 15) is 23.6 Å². The molecule has 0 spiro atoms. The summed E-state index contributed by atoms with van der Waals surface area (Å²) in [5.41, 5.74) is 0.252. The minimum Gasteiger partial charge on any atom is -0.444 e. The second kappa shape index (κ2) is 13.4. The summed E-state index contributed by atoms with van der Waals surface area (Å²) < 4.78 is 24.4. The number of nitrogens with one attached hydrogen (secondary N) is 1. The van der Waals surface area contributed by atoms with Gasteiger partial charge in [-0.1, -0.05) is 23.8 Å². The third-order valence-electron chi connectivity index (χ3n) is 7.59. The predicted molar refractivity (Wildman–Crippen MR) is 155 cm³/mol. The highest BCUT2D eigenvalue weighted by Gasteiger charge is 2.33. The number of Topliss-reactive ketones (excluding diaryl/α,β-unsaturated/α-hetero) is 1. The molecule has 0 bridgehead atoms. The van der Waals surface area contributed by atoms with Gasteiger partial charge in [0, 0.05) is 55.7 Å². The summed E-state index contributed by atoms with van der Waals surface area (Å²) in [5, 5.41) is 1.67. The zero-order valence-corrected chi connectivity index (χ0v) is 25.1. The number of nitrogens with zero attached hydrogens (tertiary/aromatic N) is 2. The average Bonchev–Trinajstić information content (AvgIpc) is 2.95. The molecule has 2 fully saturated rings. The smallest absolute Gasteiger partial charge is 0.410 e. The molecule has 2 saturated heterocycles. The number of alkyl halides is 1. The van der Waals surface area contributed by atoms with E-state index in [1.165, 1.54) is 30.3 Å². The zero-order chi connectivity index (χ0) is 30.5. The quantitative estimate of drug-likeness (QED) is 0.361. The fraction of sp³-hybridized carbons (Fsp3) is 0.548. The Balaban J connectivity index is 1.22. The van der Waals surface area contributed by atoms with Gasteiger partial charge in [-0.25, -0.2) is 9.18 Å². The first-order chi connectivity index (χ1) is 19.8. The largest absolute Gasteiger partial charge is 0.444 e. The molecule has 1 atom stereocenters. The van der Waals surface area contributed by atoms with E-state index >= 15 is 0 Å². The first-order valence-corrected chi connectivity index (χ1v) is 14.8. The van der Waals surface area contributed by atoms with Crippen molar-refractivity contribution in [2.75, 3.05) is 32.8 Å². The van der Waals surface area contributed by atoms with Crippen LogP contribution in [0.1, 0.15) is 63.2 Å². The summed E-state index contributed by atoms with van der Waals surface area (Å²) in [5.74, 6) is -1.20. The Labute approximate surface area is 251 Å². The maximum absolute atomic E-state index is 13.2. The Morgan fingerprint density at radius 2 is 1.62 bits per heavy atom. The van der Waals surface area contributed by atoms with Gasteiger partial charge >= 0.3 is 6.09 Å². The van der Waals surface area contributed by atoms with Gasteiger partial charge in [0.1, 0.15) is 18.0 Å². The van der Waals surface area contributed by atoms with Gasteiger partial charge in [-0.2, -0.15) is 0 Å². The van der Waals surface area contributed by atoms with Gasteiger partial charge in [0.05, 0.1) is 0 Å². The number of rotatable bonds is 7. The molecular formula is C31H39ClFN3O6. The molecule has 2 heterocycles. The molecule has 228 valence electrons. The number of benzene rings is 1. The molecule has 1 unspecified atom stereocenters. The van der Waals surface area contributed by atoms with Crippen LogP contribution in [0.3, 0.4) is 0 Å². The van der Waals surface area contributed by atoms with E-state index in [4.69, 9.17) is 21.1 Å². The van der Waals surface area contributed by atoms with Crippen molar-refractivity contribution in [3.8, 4) is 0 Å². The summed E-state index contributed by atoms with van der Waals surface area (Å²) in [7, 11) is 0. The van der Waals surface area contributed by atoms with E-state index in [0.717, 1.165) is 0 Å². The van der Waals surface area contributed by atoms with Crippen LogP contribution in [0.4, 0.5) is 9.18 Å². The van der Waals surface area contributed by atoms with E-state index < -0.39 is 16.5 Å². The number of amides is 3. The van der Waals surface area contributed by atoms with Crippen molar-refractivity contribution in [2.45, 2.75) is 69.6 Å². The lowest BCUT2D eigenvalue weighted by Crippen LogP contribution is -2.48. The van der Waals surface area contributed by atoms with Crippen LogP contribution in [-0.2, 0) is 19.1 Å². The molecule has 1 N–H and O–H groups in total. The molecule has 42 heavy (non-hydrogen) atoms. The molecule has 3 aliphatic rings. The van der Waals surface area contributed by atoms with E-state index in [-0.39, 0.29) is 42.3 Å². The highest BCUT2D eigenvalue weighted by Crippen LogP contribution is 2.31. The van der Waals surface area contributed by atoms with Crippen molar-refractivity contribution in [2.24, 2.45) is 5.92 Å². The normalized spacial score (nSPS) is 22.0. The van der Waals surface area contributed by atoms with Crippen LogP contribution in [0.25, 0.3) is 0 Å². The number of piperidine rings is 2. The standard InChI is InChI=1S/C31H39ClFN3O6/c1-30(2,3)42-29(40)36-17-12-25(13-18-36)34-28(39)23-5-4-14-31(32,19-23)41-20-26(37)35-15-10-22(11-16-35)27(38)21-6-8-24(33)9-7-21/h4-9,19,22,25H,10-18,20H2,1-3H3,(H,34,39). The highest BCUT2D eigenvalue weighted by atomic mass is 35.5. The molecule has 4 rings (SSSR count). The first-order valence-electron chi connectivity index (χ1n) is 14.4. The maximum Gasteiger partial charge on any atom is 0.410 e. The number of hydrogen-bond acceptors (Lipinski definition) is 6. The van der Waals surface area contributed by atoms with E-state index in [0.29, 0.717) is 69.4 Å². The average molecular weight is 604 g/mol. The number of carbonyl (C=O) groups is 4. The van der Waals surface area contributed by atoms with E-state index in [1.807, 2.05) is 20.8 Å². The van der Waals surface area contributed by atoms with Crippen molar-refractivity contribution >= 4 is 35.3 Å². The summed E-state index contributed by atoms with van der Waals surface area (Å²) in [6.45, 7) is 6.99. The SMILES string of the molecule is CC(C)(C)OC(=O)N1CCC(NC(=O)C2=CC(Cl)(OCC(=O)N3CCC(C(=O)c4ccc(F)cc4)CC3)CC=C2)CC1. The number of halogens is 2. The van der Waals surface area contributed by atoms with Crippen LogP contribution in [0.15, 0.2) is 48.1 Å². The van der Waals surface area contributed by atoms with Gasteiger partial charge in [-0.15, -0.1) is 0 Å². The Morgan fingerprint density at radius 1 is 1.00 bits per heavy atom. The van der Waals surface area contributed by atoms with Crippen LogP contribution in [0.2, 0.25) is 0 Å². The lowest BCUT2D eigenvalue weighted by atomic mass is 9.89. The molecule has 0 aromatic heterocycles. The number of carbonyl (C=O) groups excluding carboxylic acids is 4. The van der Waals surface area contributed by atoms with Gasteiger partial charge in [-0.3, -0.25) is 14.4 Å². The Morgan fingerprint density at radius 3 is 2.24 bits per heavy atom. The lowest BCUT2D eigenvalue weighted by molar-refractivity contribution is -0.139. The summed E-state index contributed by atoms with van der Waals surface area (Å²) in [6.07, 6.45) is 7.11. The van der Waals surface area contributed by atoms with Crippen LogP contribution in [0, 0.1) is 11.7 Å². The van der Waals surface area contributed by atoms with Crippen molar-refractivity contribution in [3.63, 3.8) is 0 Å². The van der Waals surface area contributed by atoms with Crippen LogP contribution in [-0.4, -0.2) is 83.0 Å². The first kappa shape index (κ1) is 31.7. The monoisotopic (exact) mass is 603 g/mol. The van der Waals surface area contributed by atoms with Crippen molar-refractivity contribution in [3.05, 3.63) is 59.4 Å². The molecule has 0 saturated carbocycles. The van der Waals surface area contributed by atoms with Gasteiger partial charge in [0.25, 0.3) is 5.91 Å². The molecule has 0 radical (unpaired) electrons. The minimum absolute atomic E-state index is 0.0448. The maximum atomic E-state index is 13.2. The Kier molecular flexibility index (Phi) is 10.1. The molecule has 9 nitrogen and oxygen atoms in total.